The van der Waals surface area contributed by atoms with Crippen LogP contribution in [0.25, 0.3) is 6.08 Å². The lowest BCUT2D eigenvalue weighted by atomic mass is 10.1. The van der Waals surface area contributed by atoms with Crippen LogP contribution in [0.2, 0.25) is 5.02 Å². The average Bonchev–Trinajstić information content (AvgIpc) is 3.14. The number of thiophene rings is 1. The van der Waals surface area contributed by atoms with Crippen LogP contribution in [-0.2, 0) is 0 Å². The highest BCUT2D eigenvalue weighted by Gasteiger charge is 2.12. The van der Waals surface area contributed by atoms with Gasteiger partial charge in [-0.15, -0.1) is 11.3 Å². The maximum Gasteiger partial charge on any atom is 0.345 e. The zero-order chi connectivity index (χ0) is 17.6. The molecule has 0 atom stereocenters. The van der Waals surface area contributed by atoms with Gasteiger partial charge < -0.3 is 4.74 Å². The van der Waals surface area contributed by atoms with Crippen molar-refractivity contribution in [2.75, 3.05) is 0 Å². The summed E-state index contributed by atoms with van der Waals surface area (Å²) in [5.74, 6) is -0.302. The molecule has 0 N–H and O–H groups in total. The van der Waals surface area contributed by atoms with Gasteiger partial charge in [-0.2, -0.15) is 0 Å². The molecule has 0 spiro atoms. The van der Waals surface area contributed by atoms with E-state index in [1.807, 2.05) is 17.5 Å². The Morgan fingerprint density at radius 2 is 1.72 bits per heavy atom. The second kappa shape index (κ2) is 7.92. The number of carbonyl (C=O) groups excluding carboxylic acids is 2. The van der Waals surface area contributed by atoms with Gasteiger partial charge in [-0.05, 0) is 60.0 Å². The summed E-state index contributed by atoms with van der Waals surface area (Å²) < 4.78 is 5.28. The molecule has 3 aromatic rings. The van der Waals surface area contributed by atoms with Gasteiger partial charge in [0.05, 0.1) is 10.6 Å². The first-order valence-electron chi connectivity index (χ1n) is 7.46. The number of ether oxygens (including phenoxy) is 1. The summed E-state index contributed by atoms with van der Waals surface area (Å²) in [5.41, 5.74) is 0.813. The summed E-state index contributed by atoms with van der Waals surface area (Å²) in [6.45, 7) is 0. The van der Waals surface area contributed by atoms with Crippen molar-refractivity contribution in [1.29, 1.82) is 0 Å². The fourth-order valence-electron chi connectivity index (χ4n) is 2.12. The average molecular weight is 369 g/mol. The summed E-state index contributed by atoms with van der Waals surface area (Å²) in [6, 6.07) is 16.9. The molecule has 1 aromatic heterocycles. The van der Waals surface area contributed by atoms with E-state index in [1.54, 1.807) is 65.9 Å². The lowest BCUT2D eigenvalue weighted by molar-refractivity contribution is 0.0735. The smallest absolute Gasteiger partial charge is 0.345 e. The lowest BCUT2D eigenvalue weighted by Gasteiger charge is -2.06. The number of benzene rings is 2. The van der Waals surface area contributed by atoms with Crippen molar-refractivity contribution in [2.24, 2.45) is 0 Å². The van der Waals surface area contributed by atoms with Crippen molar-refractivity contribution in [2.45, 2.75) is 0 Å². The zero-order valence-corrected chi connectivity index (χ0v) is 14.6. The zero-order valence-electron chi connectivity index (χ0n) is 13.0. The van der Waals surface area contributed by atoms with E-state index in [4.69, 9.17) is 16.3 Å². The van der Waals surface area contributed by atoms with Crippen molar-refractivity contribution in [1.82, 2.24) is 0 Å². The van der Waals surface area contributed by atoms with E-state index >= 15 is 0 Å². The van der Waals surface area contributed by atoms with E-state index < -0.39 is 5.97 Å². The van der Waals surface area contributed by atoms with Gasteiger partial charge in [0.1, 0.15) is 5.75 Å². The van der Waals surface area contributed by atoms with Gasteiger partial charge in [0, 0.05) is 10.4 Å². The molecule has 0 aliphatic carbocycles. The number of carbonyl (C=O) groups is 2. The van der Waals surface area contributed by atoms with Crippen molar-refractivity contribution >= 4 is 40.8 Å². The highest BCUT2D eigenvalue weighted by Crippen LogP contribution is 2.19. The second-order valence-corrected chi connectivity index (χ2v) is 6.49. The molecule has 2 aromatic carbocycles. The van der Waals surface area contributed by atoms with Crippen molar-refractivity contribution in [3.8, 4) is 5.75 Å². The molecule has 0 saturated heterocycles. The Balaban J connectivity index is 1.67. The Kier molecular flexibility index (Phi) is 5.43. The van der Waals surface area contributed by atoms with Crippen LogP contribution in [0.15, 0.2) is 72.1 Å². The molecule has 0 fully saturated rings. The minimum atomic E-state index is -0.540. The summed E-state index contributed by atoms with van der Waals surface area (Å²) in [4.78, 5) is 25.2. The van der Waals surface area contributed by atoms with Crippen molar-refractivity contribution in [3.05, 3.63) is 93.1 Å². The molecule has 124 valence electrons. The molecule has 1 heterocycles. The van der Waals surface area contributed by atoms with Gasteiger partial charge in [-0.1, -0.05) is 29.8 Å². The fraction of sp³-hybridized carbons (Fsp3) is 0. The summed E-state index contributed by atoms with van der Waals surface area (Å²) in [6.07, 6.45) is 3.30. The van der Waals surface area contributed by atoms with Crippen LogP contribution < -0.4 is 4.74 Å². The van der Waals surface area contributed by atoms with E-state index in [-0.39, 0.29) is 5.78 Å². The van der Waals surface area contributed by atoms with Crippen LogP contribution in [0, 0.1) is 0 Å². The molecule has 0 aliphatic heterocycles. The Labute approximate surface area is 154 Å². The molecule has 25 heavy (non-hydrogen) atoms. The number of halogens is 1. The monoisotopic (exact) mass is 368 g/mol. The van der Waals surface area contributed by atoms with Gasteiger partial charge >= 0.3 is 5.97 Å². The summed E-state index contributed by atoms with van der Waals surface area (Å²) >= 11 is 7.54. The topological polar surface area (TPSA) is 43.4 Å². The molecule has 0 unspecified atom stereocenters. The first-order chi connectivity index (χ1) is 12.1. The van der Waals surface area contributed by atoms with Gasteiger partial charge in [-0.25, -0.2) is 4.79 Å². The molecule has 0 radical (unpaired) electrons. The number of hydrogen-bond donors (Lipinski definition) is 0. The highest BCUT2D eigenvalue weighted by molar-refractivity contribution is 7.10. The van der Waals surface area contributed by atoms with Crippen molar-refractivity contribution in [3.63, 3.8) is 0 Å². The number of rotatable bonds is 5. The highest BCUT2D eigenvalue weighted by atomic mass is 35.5. The maximum atomic E-state index is 12.1. The number of ketones is 1. The molecule has 3 rings (SSSR count). The maximum absolute atomic E-state index is 12.1. The van der Waals surface area contributed by atoms with Crippen LogP contribution in [0.1, 0.15) is 25.6 Å². The molecule has 3 nitrogen and oxygen atoms in total. The van der Waals surface area contributed by atoms with E-state index in [1.165, 1.54) is 6.08 Å². The van der Waals surface area contributed by atoms with Gasteiger partial charge in [0.2, 0.25) is 0 Å². The Morgan fingerprint density at radius 1 is 0.960 bits per heavy atom. The minimum Gasteiger partial charge on any atom is -0.423 e. The second-order valence-electron chi connectivity index (χ2n) is 5.11. The summed E-state index contributed by atoms with van der Waals surface area (Å²) in [5, 5.41) is 2.28. The molecule has 0 amide bonds. The van der Waals surface area contributed by atoms with E-state index in [0.717, 1.165) is 4.88 Å². The Hall–Kier alpha value is -2.69. The number of esters is 1. The van der Waals surface area contributed by atoms with E-state index in [9.17, 15) is 9.59 Å². The number of allylic oxidation sites excluding steroid dienone is 1. The predicted octanol–water partition coefficient (Wildman–Crippen LogP) is 5.52. The van der Waals surface area contributed by atoms with Crippen LogP contribution >= 0.6 is 22.9 Å². The largest absolute Gasteiger partial charge is 0.423 e. The van der Waals surface area contributed by atoms with Crippen molar-refractivity contribution < 1.29 is 14.3 Å². The third-order valence-corrected chi connectivity index (χ3v) is 4.55. The first-order valence-corrected chi connectivity index (χ1v) is 8.72. The van der Waals surface area contributed by atoms with Gasteiger partial charge in [0.15, 0.2) is 5.78 Å². The Morgan fingerprint density at radius 3 is 2.40 bits per heavy atom. The van der Waals surface area contributed by atoms with Crippen LogP contribution in [-0.4, -0.2) is 11.8 Å². The molecular formula is C20H13ClO3S. The van der Waals surface area contributed by atoms with Crippen LogP contribution in [0.5, 0.6) is 5.75 Å². The third-order valence-electron chi connectivity index (χ3n) is 3.39. The van der Waals surface area contributed by atoms with Gasteiger partial charge in [0.25, 0.3) is 0 Å². The minimum absolute atomic E-state index is 0.114. The SMILES string of the molecule is O=C(C=Cc1cccs1)c1ccc(OC(=O)c2ccccc2Cl)cc1. The molecule has 0 bridgehead atoms. The quantitative estimate of drug-likeness (QED) is 0.258. The predicted molar refractivity (Wildman–Crippen MR) is 101 cm³/mol. The lowest BCUT2D eigenvalue weighted by Crippen LogP contribution is -2.09. The summed E-state index contributed by atoms with van der Waals surface area (Å²) in [7, 11) is 0. The molecular weight excluding hydrogens is 356 g/mol. The fourth-order valence-corrected chi connectivity index (χ4v) is 2.95. The number of hydrogen-bond acceptors (Lipinski definition) is 4. The standard InChI is InChI=1S/C20H13ClO3S/c21-18-6-2-1-5-17(18)20(23)24-15-9-7-14(8-10-15)19(22)12-11-16-4-3-13-25-16/h1-13H. The van der Waals surface area contributed by atoms with Crippen LogP contribution in [0.4, 0.5) is 0 Å². The Bertz CT molecular complexity index is 912. The third kappa shape index (κ3) is 4.44. The van der Waals surface area contributed by atoms with Crippen LogP contribution in [0.3, 0.4) is 0 Å². The van der Waals surface area contributed by atoms with E-state index in [0.29, 0.717) is 21.9 Å². The first kappa shape index (κ1) is 17.1. The molecule has 0 saturated carbocycles. The van der Waals surface area contributed by atoms with E-state index in [2.05, 4.69) is 0 Å². The molecule has 5 heteroatoms. The normalized spacial score (nSPS) is 10.8. The van der Waals surface area contributed by atoms with Gasteiger partial charge in [-0.3, -0.25) is 4.79 Å². The molecule has 0 aliphatic rings.